The fourth-order valence-corrected chi connectivity index (χ4v) is 9.20. The van der Waals surface area contributed by atoms with Gasteiger partial charge in [-0.15, -0.1) is 23.5 Å². The van der Waals surface area contributed by atoms with E-state index in [1.54, 1.807) is 0 Å². The van der Waals surface area contributed by atoms with Gasteiger partial charge >= 0.3 is 12.1 Å². The monoisotopic (exact) mass is 525 g/mol. The number of methoxy groups -OCH3 is 1. The van der Waals surface area contributed by atoms with E-state index in [9.17, 15) is 14.4 Å². The van der Waals surface area contributed by atoms with Crippen LogP contribution < -0.4 is 0 Å². The van der Waals surface area contributed by atoms with Gasteiger partial charge in [-0.1, -0.05) is 6.08 Å². The maximum Gasteiger partial charge on any atom is 0.410 e. The maximum absolute atomic E-state index is 13.4. The van der Waals surface area contributed by atoms with E-state index in [-0.39, 0.29) is 45.8 Å². The van der Waals surface area contributed by atoms with Crippen molar-refractivity contribution in [3.8, 4) is 0 Å². The normalized spacial score (nSPS) is 29.2. The maximum atomic E-state index is 13.4. The van der Waals surface area contributed by atoms with E-state index in [2.05, 4.69) is 30.4 Å². The summed E-state index contributed by atoms with van der Waals surface area (Å²) in [6, 6.07) is -0.0405. The minimum atomic E-state index is -0.562. The number of amides is 1. The van der Waals surface area contributed by atoms with Crippen LogP contribution in [0.3, 0.4) is 0 Å². The minimum absolute atomic E-state index is 0.0696. The molecule has 0 aromatic carbocycles. The first-order valence-electron chi connectivity index (χ1n) is 13.1. The van der Waals surface area contributed by atoms with Crippen molar-refractivity contribution in [1.82, 2.24) is 4.90 Å². The highest BCUT2D eigenvalue weighted by Gasteiger charge is 2.43. The van der Waals surface area contributed by atoms with E-state index in [1.807, 2.05) is 31.7 Å². The molecular weight excluding hydrogens is 482 g/mol. The zero-order chi connectivity index (χ0) is 25.6. The zero-order valence-corrected chi connectivity index (χ0v) is 23.7. The number of hydrogen-bond donors (Lipinski definition) is 0. The van der Waals surface area contributed by atoms with Crippen LogP contribution in [0.1, 0.15) is 85.5 Å². The molecule has 6 nitrogen and oxygen atoms in total. The summed E-state index contributed by atoms with van der Waals surface area (Å²) in [6.07, 6.45) is 11.1. The van der Waals surface area contributed by atoms with E-state index < -0.39 is 5.60 Å². The van der Waals surface area contributed by atoms with Gasteiger partial charge in [-0.3, -0.25) is 4.79 Å². The summed E-state index contributed by atoms with van der Waals surface area (Å²) in [6.45, 7) is 7.68. The Morgan fingerprint density at radius 1 is 1.06 bits per heavy atom. The smallest absolute Gasteiger partial charge is 0.410 e. The number of hydrogen-bond acceptors (Lipinski definition) is 7. The van der Waals surface area contributed by atoms with Crippen LogP contribution >= 0.6 is 23.5 Å². The molecule has 1 spiro atoms. The Morgan fingerprint density at radius 2 is 1.77 bits per heavy atom. The molecule has 1 amide bonds. The predicted molar refractivity (Wildman–Crippen MR) is 144 cm³/mol. The molecule has 0 aromatic heterocycles. The summed E-state index contributed by atoms with van der Waals surface area (Å²) >= 11 is 4.12. The SMILES string of the molecule is COC(=O)/C=C/[C@@H]1CCC2(C[C@H]1CC(=O)C[C@@H]1CCC[C@H](C)N1C(=O)OC(C)(C)C)SCCCS2. The van der Waals surface area contributed by atoms with E-state index in [0.717, 1.165) is 38.5 Å². The lowest BCUT2D eigenvalue weighted by molar-refractivity contribution is -0.134. The molecule has 3 aliphatic rings. The predicted octanol–water partition coefficient (Wildman–Crippen LogP) is 6.23. The average molecular weight is 526 g/mol. The standard InChI is InChI=1S/C27H43NO5S2/c1-19-8-6-9-22(28(19)25(31)33-26(2,3)4)17-23(29)16-21-18-27(34-14-7-15-35-27)13-12-20(21)10-11-24(30)32-5/h10-11,19-22H,6-9,12-18H2,1-5H3/b11-10+/t19-,20+,21+,22-/m0/s1. The van der Waals surface area contributed by atoms with Crippen molar-refractivity contribution in [1.29, 1.82) is 0 Å². The molecule has 198 valence electrons. The number of carbonyl (C=O) groups is 3. The average Bonchev–Trinajstić information content (AvgIpc) is 2.77. The topological polar surface area (TPSA) is 72.9 Å². The summed E-state index contributed by atoms with van der Waals surface area (Å²) in [5.74, 6) is 2.62. The van der Waals surface area contributed by atoms with Crippen molar-refractivity contribution in [2.24, 2.45) is 11.8 Å². The van der Waals surface area contributed by atoms with Crippen molar-refractivity contribution < 1.29 is 23.9 Å². The van der Waals surface area contributed by atoms with Gasteiger partial charge in [0.15, 0.2) is 0 Å². The number of allylic oxidation sites excluding steroid dienone is 1. The third kappa shape index (κ3) is 8.17. The number of Topliss-reactive ketones (excluding diaryl/α,β-unsaturated/α-hetero) is 1. The van der Waals surface area contributed by atoms with Gasteiger partial charge in [0.2, 0.25) is 0 Å². The Kier molecular flexibility index (Phi) is 10.1. The van der Waals surface area contributed by atoms with Gasteiger partial charge in [0.05, 0.1) is 11.2 Å². The zero-order valence-electron chi connectivity index (χ0n) is 22.0. The second kappa shape index (κ2) is 12.4. The number of nitrogens with zero attached hydrogens (tertiary/aromatic N) is 1. The number of esters is 1. The quantitative estimate of drug-likeness (QED) is 0.301. The number of ether oxygens (including phenoxy) is 2. The third-order valence-corrected chi connectivity index (χ3v) is 10.8. The number of likely N-dealkylation sites (tertiary alicyclic amines) is 1. The fraction of sp³-hybridized carbons (Fsp3) is 0.815. The highest BCUT2D eigenvalue weighted by atomic mass is 32.2. The molecule has 1 saturated carbocycles. The lowest BCUT2D eigenvalue weighted by Gasteiger charge is -2.45. The molecule has 0 N–H and O–H groups in total. The van der Waals surface area contributed by atoms with Crippen LogP contribution in [-0.2, 0) is 19.1 Å². The molecule has 4 atom stereocenters. The van der Waals surface area contributed by atoms with Crippen LogP contribution in [0.5, 0.6) is 0 Å². The molecule has 0 aromatic rings. The number of carbonyl (C=O) groups excluding carboxylic acids is 3. The lowest BCUT2D eigenvalue weighted by Crippen LogP contribution is -2.51. The molecule has 8 heteroatoms. The van der Waals surface area contributed by atoms with Crippen LogP contribution in [0.25, 0.3) is 0 Å². The van der Waals surface area contributed by atoms with Crippen LogP contribution in [-0.4, -0.2) is 63.1 Å². The van der Waals surface area contributed by atoms with Gasteiger partial charge in [0.25, 0.3) is 0 Å². The summed E-state index contributed by atoms with van der Waals surface area (Å²) in [4.78, 5) is 40.0. The highest BCUT2D eigenvalue weighted by Crippen LogP contribution is 2.55. The van der Waals surface area contributed by atoms with E-state index in [4.69, 9.17) is 9.47 Å². The second-order valence-electron chi connectivity index (χ2n) is 11.3. The first-order valence-corrected chi connectivity index (χ1v) is 15.1. The number of ketones is 1. The van der Waals surface area contributed by atoms with E-state index >= 15 is 0 Å². The number of rotatable bonds is 6. The van der Waals surface area contributed by atoms with Crippen molar-refractivity contribution in [3.05, 3.63) is 12.2 Å². The Balaban J connectivity index is 1.70. The van der Waals surface area contributed by atoms with Gasteiger partial charge in [-0.2, -0.15) is 0 Å². The van der Waals surface area contributed by atoms with Crippen molar-refractivity contribution in [2.45, 2.75) is 107 Å². The Bertz CT molecular complexity index is 787. The Morgan fingerprint density at radius 3 is 2.43 bits per heavy atom. The molecule has 0 unspecified atom stereocenters. The van der Waals surface area contributed by atoms with Crippen molar-refractivity contribution in [3.63, 3.8) is 0 Å². The van der Waals surface area contributed by atoms with Gasteiger partial charge in [0, 0.05) is 31.0 Å². The molecule has 1 aliphatic carbocycles. The van der Waals surface area contributed by atoms with Gasteiger partial charge < -0.3 is 14.4 Å². The van der Waals surface area contributed by atoms with Gasteiger partial charge in [0.1, 0.15) is 11.4 Å². The molecule has 2 heterocycles. The summed E-state index contributed by atoms with van der Waals surface area (Å²) < 4.78 is 10.7. The molecular formula is C27H43NO5S2. The molecule has 2 aliphatic heterocycles. The molecule has 35 heavy (non-hydrogen) atoms. The summed E-state index contributed by atoms with van der Waals surface area (Å²) in [5, 5.41) is 0. The van der Waals surface area contributed by atoms with Gasteiger partial charge in [-0.05, 0) is 96.0 Å². The molecule has 2 saturated heterocycles. The summed E-state index contributed by atoms with van der Waals surface area (Å²) in [5.41, 5.74) is -0.562. The minimum Gasteiger partial charge on any atom is -0.466 e. The van der Waals surface area contributed by atoms with Crippen LogP contribution in [0.15, 0.2) is 12.2 Å². The fourth-order valence-electron chi connectivity index (χ4n) is 5.67. The van der Waals surface area contributed by atoms with Crippen LogP contribution in [0, 0.1) is 11.8 Å². The molecule has 0 radical (unpaired) electrons. The van der Waals surface area contributed by atoms with Crippen molar-refractivity contribution in [2.75, 3.05) is 18.6 Å². The van der Waals surface area contributed by atoms with Crippen LogP contribution in [0.2, 0.25) is 0 Å². The highest BCUT2D eigenvalue weighted by molar-refractivity contribution is 8.18. The Hall–Kier alpha value is -1.15. The number of thioether (sulfide) groups is 2. The molecule has 3 fully saturated rings. The third-order valence-electron chi connectivity index (χ3n) is 7.32. The molecule has 3 rings (SSSR count). The van der Waals surface area contributed by atoms with E-state index in [0.29, 0.717) is 12.8 Å². The largest absolute Gasteiger partial charge is 0.466 e. The van der Waals surface area contributed by atoms with Crippen LogP contribution in [0.4, 0.5) is 4.79 Å². The summed E-state index contributed by atoms with van der Waals surface area (Å²) in [7, 11) is 1.39. The first kappa shape index (κ1) is 28.4. The second-order valence-corrected chi connectivity index (χ2v) is 14.5. The van der Waals surface area contributed by atoms with E-state index in [1.165, 1.54) is 31.1 Å². The molecule has 0 bridgehead atoms. The lowest BCUT2D eigenvalue weighted by atomic mass is 9.75. The van der Waals surface area contributed by atoms with Gasteiger partial charge in [-0.25, -0.2) is 9.59 Å². The Labute approximate surface area is 219 Å². The first-order chi connectivity index (χ1) is 16.5. The number of piperidine rings is 1. The van der Waals surface area contributed by atoms with Crippen molar-refractivity contribution >= 4 is 41.4 Å².